The molecule has 1 saturated heterocycles. The smallest absolute Gasteiger partial charge is 0.302 e. The minimum atomic E-state index is -0.931. The van der Waals surface area contributed by atoms with Crippen LogP contribution in [0.3, 0.4) is 0 Å². The van der Waals surface area contributed by atoms with Crippen LogP contribution in [0.15, 0.2) is 0 Å². The number of aliphatic hydroxyl groups excluding tert-OH is 1. The van der Waals surface area contributed by atoms with Gasteiger partial charge in [-0.1, -0.05) is 27.7 Å². The second kappa shape index (κ2) is 8.72. The molecule has 0 unspecified atom stereocenters. The molecule has 7 nitrogen and oxygen atoms in total. The molecule has 6 fully saturated rings. The maximum Gasteiger partial charge on any atom is 0.302 e. The summed E-state index contributed by atoms with van der Waals surface area (Å²) < 4.78 is 18.9. The molecule has 6 rings (SSSR count). The van der Waals surface area contributed by atoms with Crippen molar-refractivity contribution < 1.29 is 34.0 Å². The lowest BCUT2D eigenvalue weighted by molar-refractivity contribution is -0.226. The van der Waals surface area contributed by atoms with Crippen molar-refractivity contribution in [1.82, 2.24) is 0 Å². The minimum Gasteiger partial charge on any atom is -0.462 e. The van der Waals surface area contributed by atoms with E-state index < -0.39 is 17.3 Å². The van der Waals surface area contributed by atoms with Gasteiger partial charge in [-0.3, -0.25) is 9.59 Å². The molecular formula is C34H54O7. The standard InChI is InChI=1S/C34H54O7/c1-19(35)39-22-16-23-28(3,4)24(40-20(2)36)11-13-33(23)18-34(33)15-14-30(7)26(21(37)17-31(30,8)27(22)34)32(9)12-10-25(41-32)29(5,6)38/h21-27,37-38H,10-18H2,1-9H3/t21-,22-,23-,24-,25-,26-,27-,30+,31-,32+,33+,34-/m0/s1. The van der Waals surface area contributed by atoms with Gasteiger partial charge in [-0.25, -0.2) is 0 Å². The van der Waals surface area contributed by atoms with Crippen molar-refractivity contribution in [2.45, 2.75) is 156 Å². The highest BCUT2D eigenvalue weighted by Gasteiger charge is 2.85. The highest BCUT2D eigenvalue weighted by molar-refractivity contribution is 5.66. The molecule has 5 saturated carbocycles. The van der Waals surface area contributed by atoms with Gasteiger partial charge in [-0.2, -0.15) is 0 Å². The molecule has 7 heteroatoms. The summed E-state index contributed by atoms with van der Waals surface area (Å²) in [5.74, 6) is -0.0763. The molecule has 2 spiro atoms. The van der Waals surface area contributed by atoms with Gasteiger partial charge in [0.05, 0.1) is 23.4 Å². The lowest BCUT2D eigenvalue weighted by Gasteiger charge is -2.65. The fraction of sp³-hybridized carbons (Fsp3) is 0.941. The van der Waals surface area contributed by atoms with Crippen molar-refractivity contribution in [3.8, 4) is 0 Å². The second-order valence-electron chi connectivity index (χ2n) is 17.1. The maximum atomic E-state index is 12.6. The van der Waals surface area contributed by atoms with E-state index in [9.17, 15) is 19.8 Å². The first-order valence-corrected chi connectivity index (χ1v) is 16.2. The van der Waals surface area contributed by atoms with E-state index in [1.165, 1.54) is 13.8 Å². The lowest BCUT2D eigenvalue weighted by atomic mass is 9.41. The van der Waals surface area contributed by atoms with Crippen molar-refractivity contribution in [1.29, 1.82) is 0 Å². The van der Waals surface area contributed by atoms with Crippen LogP contribution in [0, 0.1) is 44.8 Å². The monoisotopic (exact) mass is 574 g/mol. The minimum absolute atomic E-state index is 0.0600. The van der Waals surface area contributed by atoms with Gasteiger partial charge in [0.15, 0.2) is 0 Å². The Balaban J connectivity index is 1.39. The van der Waals surface area contributed by atoms with Gasteiger partial charge in [0.25, 0.3) is 0 Å². The average Bonchev–Trinajstić information content (AvgIpc) is 3.18. The van der Waals surface area contributed by atoms with Crippen LogP contribution < -0.4 is 0 Å². The maximum absolute atomic E-state index is 12.6. The normalized spacial score (nSPS) is 53.4. The summed E-state index contributed by atoms with van der Waals surface area (Å²) in [6.45, 7) is 18.1. The molecule has 1 heterocycles. The number of fused-ring (bicyclic) bond motifs is 2. The van der Waals surface area contributed by atoms with E-state index >= 15 is 0 Å². The van der Waals surface area contributed by atoms with Crippen molar-refractivity contribution in [3.05, 3.63) is 0 Å². The topological polar surface area (TPSA) is 102 Å². The van der Waals surface area contributed by atoms with Crippen LogP contribution in [0.1, 0.15) is 120 Å². The Hall–Kier alpha value is -1.18. The molecule has 12 atom stereocenters. The predicted octanol–water partition coefficient (Wildman–Crippen LogP) is 5.58. The molecule has 0 aromatic heterocycles. The summed E-state index contributed by atoms with van der Waals surface area (Å²) in [5, 5.41) is 22.7. The van der Waals surface area contributed by atoms with Crippen molar-refractivity contribution in [3.63, 3.8) is 0 Å². The van der Waals surface area contributed by atoms with Gasteiger partial charge in [0, 0.05) is 31.1 Å². The van der Waals surface area contributed by atoms with Gasteiger partial charge in [0.1, 0.15) is 12.2 Å². The molecular weight excluding hydrogens is 520 g/mol. The Morgan fingerprint density at radius 3 is 2.10 bits per heavy atom. The van der Waals surface area contributed by atoms with Gasteiger partial charge < -0.3 is 24.4 Å². The zero-order chi connectivity index (χ0) is 30.2. The van der Waals surface area contributed by atoms with Gasteiger partial charge >= 0.3 is 11.9 Å². The van der Waals surface area contributed by atoms with E-state index in [0.29, 0.717) is 12.3 Å². The van der Waals surface area contributed by atoms with Crippen LogP contribution in [-0.2, 0) is 23.8 Å². The summed E-state index contributed by atoms with van der Waals surface area (Å²) in [4.78, 5) is 24.7. The zero-order valence-corrected chi connectivity index (χ0v) is 26.8. The summed E-state index contributed by atoms with van der Waals surface area (Å²) in [6, 6.07) is 0. The first-order chi connectivity index (χ1) is 18.8. The number of esters is 2. The molecule has 232 valence electrons. The Labute approximate surface area is 246 Å². The average molecular weight is 575 g/mol. The summed E-state index contributed by atoms with van der Waals surface area (Å²) in [5.41, 5.74) is -1.90. The van der Waals surface area contributed by atoms with Crippen LogP contribution >= 0.6 is 0 Å². The molecule has 1 aliphatic heterocycles. The Kier molecular flexibility index (Phi) is 6.35. The van der Waals surface area contributed by atoms with E-state index in [0.717, 1.165) is 51.4 Å². The number of rotatable bonds is 4. The van der Waals surface area contributed by atoms with Crippen molar-refractivity contribution in [2.24, 2.45) is 44.8 Å². The molecule has 5 aliphatic carbocycles. The van der Waals surface area contributed by atoms with E-state index in [2.05, 4.69) is 34.6 Å². The fourth-order valence-corrected chi connectivity index (χ4v) is 12.8. The van der Waals surface area contributed by atoms with E-state index in [-0.39, 0.29) is 69.2 Å². The predicted molar refractivity (Wildman–Crippen MR) is 154 cm³/mol. The molecule has 2 N–H and O–H groups in total. The number of aliphatic hydroxyl groups is 2. The SMILES string of the molecule is CC(=O)O[C@H]1C[C@H]2C(C)(C)[C@@H](OC(C)=O)CC[C@@]23C[C@]32CC[C@]3(C)[C@@H]([C@@]4(C)CC[C@@H](C(C)(C)O)O4)[C@@H](O)C[C@@]3(C)[C@H]12. The van der Waals surface area contributed by atoms with E-state index in [1.54, 1.807) is 0 Å². The molecule has 0 bridgehead atoms. The third-order valence-electron chi connectivity index (χ3n) is 14.4. The Morgan fingerprint density at radius 2 is 1.51 bits per heavy atom. The van der Waals surface area contributed by atoms with Gasteiger partial charge in [0.2, 0.25) is 0 Å². The number of carbonyl (C=O) groups excluding carboxylic acids is 2. The molecule has 0 aromatic rings. The number of carbonyl (C=O) groups is 2. The van der Waals surface area contributed by atoms with Gasteiger partial charge in [-0.05, 0) is 106 Å². The highest BCUT2D eigenvalue weighted by Crippen LogP contribution is 2.89. The molecule has 6 aliphatic rings. The first-order valence-electron chi connectivity index (χ1n) is 16.2. The summed E-state index contributed by atoms with van der Waals surface area (Å²) >= 11 is 0. The van der Waals surface area contributed by atoms with Crippen LogP contribution in [0.25, 0.3) is 0 Å². The highest BCUT2D eigenvalue weighted by atomic mass is 16.6. The first kappa shape index (κ1) is 29.9. The van der Waals surface area contributed by atoms with Crippen LogP contribution in [0.4, 0.5) is 0 Å². The van der Waals surface area contributed by atoms with Crippen LogP contribution in [-0.4, -0.2) is 57.8 Å². The van der Waals surface area contributed by atoms with Crippen molar-refractivity contribution in [2.75, 3.05) is 0 Å². The zero-order valence-electron chi connectivity index (χ0n) is 26.8. The largest absolute Gasteiger partial charge is 0.462 e. The number of ether oxygens (including phenoxy) is 3. The number of hydrogen-bond donors (Lipinski definition) is 2. The van der Waals surface area contributed by atoms with Gasteiger partial charge in [-0.15, -0.1) is 0 Å². The lowest BCUT2D eigenvalue weighted by Crippen LogP contribution is -2.63. The third-order valence-corrected chi connectivity index (χ3v) is 14.4. The Morgan fingerprint density at radius 1 is 0.854 bits per heavy atom. The quantitative estimate of drug-likeness (QED) is 0.423. The second-order valence-corrected chi connectivity index (χ2v) is 17.1. The fourth-order valence-electron chi connectivity index (χ4n) is 12.8. The van der Waals surface area contributed by atoms with E-state index in [4.69, 9.17) is 14.2 Å². The molecule has 0 amide bonds. The summed E-state index contributed by atoms with van der Waals surface area (Å²) in [7, 11) is 0. The Bertz CT molecular complexity index is 1130. The van der Waals surface area contributed by atoms with E-state index in [1.807, 2.05) is 13.8 Å². The third kappa shape index (κ3) is 3.79. The summed E-state index contributed by atoms with van der Waals surface area (Å²) in [6.07, 6.45) is 7.00. The molecule has 0 radical (unpaired) electrons. The van der Waals surface area contributed by atoms with Crippen molar-refractivity contribution >= 4 is 11.9 Å². The molecule has 41 heavy (non-hydrogen) atoms. The van der Waals surface area contributed by atoms with Crippen LogP contribution in [0.5, 0.6) is 0 Å². The molecule has 0 aromatic carbocycles. The van der Waals surface area contributed by atoms with Crippen LogP contribution in [0.2, 0.25) is 0 Å². The number of hydrogen-bond acceptors (Lipinski definition) is 7.